The van der Waals surface area contributed by atoms with Gasteiger partial charge in [0.25, 0.3) is 0 Å². The fourth-order valence-corrected chi connectivity index (χ4v) is 4.62. The predicted octanol–water partition coefficient (Wildman–Crippen LogP) is 5.84. The van der Waals surface area contributed by atoms with Crippen LogP contribution in [0.3, 0.4) is 0 Å². The van der Waals surface area contributed by atoms with Crippen LogP contribution >= 0.6 is 11.3 Å². The Hall–Kier alpha value is -3.42. The van der Waals surface area contributed by atoms with Gasteiger partial charge in [-0.25, -0.2) is 9.78 Å². The molecule has 2 N–H and O–H groups in total. The standard InChI is InChI=1S/C27H28N2O4S/c1-2-23(27(30)31)33-21-12-8-9-19(17-21)18-28-16-15-24(32-20-10-4-3-5-11-20)26-29-22-13-6-7-14-25(22)34-26/h3-14,17,23-24,28H,2,15-16,18H2,1H3,(H,30,31). The predicted molar refractivity (Wildman–Crippen MR) is 135 cm³/mol. The first-order chi connectivity index (χ1) is 16.6. The summed E-state index contributed by atoms with van der Waals surface area (Å²) in [6, 6.07) is 25.5. The zero-order valence-electron chi connectivity index (χ0n) is 19.0. The number of nitrogens with one attached hydrogen (secondary N) is 1. The number of nitrogens with zero attached hydrogens (tertiary/aromatic N) is 1. The van der Waals surface area contributed by atoms with E-state index in [4.69, 9.17) is 14.5 Å². The smallest absolute Gasteiger partial charge is 0.344 e. The Labute approximate surface area is 203 Å². The van der Waals surface area contributed by atoms with Gasteiger partial charge in [0.1, 0.15) is 16.5 Å². The van der Waals surface area contributed by atoms with Crippen LogP contribution in [0.5, 0.6) is 11.5 Å². The molecule has 3 aromatic carbocycles. The molecule has 34 heavy (non-hydrogen) atoms. The van der Waals surface area contributed by atoms with E-state index in [-0.39, 0.29) is 6.10 Å². The molecule has 1 heterocycles. The van der Waals surface area contributed by atoms with Crippen molar-refractivity contribution in [1.82, 2.24) is 10.3 Å². The van der Waals surface area contributed by atoms with Crippen molar-refractivity contribution >= 4 is 27.5 Å². The van der Waals surface area contributed by atoms with Gasteiger partial charge in [0, 0.05) is 13.0 Å². The van der Waals surface area contributed by atoms with Crippen molar-refractivity contribution in [3.63, 3.8) is 0 Å². The van der Waals surface area contributed by atoms with E-state index in [9.17, 15) is 9.90 Å². The Morgan fingerprint density at radius 3 is 2.53 bits per heavy atom. The van der Waals surface area contributed by atoms with Gasteiger partial charge in [0.05, 0.1) is 10.2 Å². The number of fused-ring (bicyclic) bond motifs is 1. The summed E-state index contributed by atoms with van der Waals surface area (Å²) in [5, 5.41) is 13.6. The molecule has 0 radical (unpaired) electrons. The number of carbonyl (C=O) groups is 1. The SMILES string of the molecule is CCC(Oc1cccc(CNCCC(Oc2ccccc2)c2nc3ccccc3s2)c1)C(=O)O. The Balaban J connectivity index is 1.38. The molecule has 2 unspecified atom stereocenters. The molecule has 0 spiro atoms. The number of hydrogen-bond acceptors (Lipinski definition) is 6. The number of para-hydroxylation sites is 2. The third-order valence-corrected chi connectivity index (χ3v) is 6.47. The molecule has 4 rings (SSSR count). The summed E-state index contributed by atoms with van der Waals surface area (Å²) in [5.74, 6) is 0.430. The summed E-state index contributed by atoms with van der Waals surface area (Å²) in [4.78, 5) is 16.1. The average molecular weight is 477 g/mol. The monoisotopic (exact) mass is 476 g/mol. The zero-order valence-corrected chi connectivity index (χ0v) is 19.8. The molecule has 7 heteroatoms. The summed E-state index contributed by atoms with van der Waals surface area (Å²) in [7, 11) is 0. The van der Waals surface area contributed by atoms with E-state index in [2.05, 4.69) is 11.4 Å². The van der Waals surface area contributed by atoms with E-state index in [0.29, 0.717) is 18.7 Å². The van der Waals surface area contributed by atoms with Gasteiger partial charge in [-0.3, -0.25) is 0 Å². The topological polar surface area (TPSA) is 80.7 Å². The molecule has 0 amide bonds. The fourth-order valence-electron chi connectivity index (χ4n) is 3.59. The fraction of sp³-hybridized carbons (Fsp3) is 0.259. The van der Waals surface area contributed by atoms with Crippen molar-refractivity contribution in [3.8, 4) is 11.5 Å². The molecule has 4 aromatic rings. The minimum Gasteiger partial charge on any atom is -0.483 e. The number of carboxylic acid groups (broad SMARTS) is 1. The first kappa shape index (κ1) is 23.7. The quantitative estimate of drug-likeness (QED) is 0.250. The van der Waals surface area contributed by atoms with Crippen LogP contribution in [-0.4, -0.2) is 28.7 Å². The van der Waals surface area contributed by atoms with E-state index in [1.807, 2.05) is 66.7 Å². The number of hydrogen-bond donors (Lipinski definition) is 2. The van der Waals surface area contributed by atoms with Crippen LogP contribution in [0.15, 0.2) is 78.9 Å². The molecular formula is C27H28N2O4S. The molecule has 0 bridgehead atoms. The van der Waals surface area contributed by atoms with Crippen LogP contribution in [-0.2, 0) is 11.3 Å². The molecule has 176 valence electrons. The van der Waals surface area contributed by atoms with Crippen LogP contribution in [0.1, 0.15) is 36.4 Å². The van der Waals surface area contributed by atoms with Gasteiger partial charge in [-0.2, -0.15) is 0 Å². The molecular weight excluding hydrogens is 448 g/mol. The first-order valence-corrected chi connectivity index (χ1v) is 12.2. The number of benzene rings is 3. The van der Waals surface area contributed by atoms with Gasteiger partial charge in [-0.1, -0.05) is 49.4 Å². The maximum Gasteiger partial charge on any atom is 0.344 e. The second-order valence-electron chi connectivity index (χ2n) is 7.91. The van der Waals surface area contributed by atoms with Crippen molar-refractivity contribution in [2.75, 3.05) is 6.54 Å². The minimum atomic E-state index is -0.953. The summed E-state index contributed by atoms with van der Waals surface area (Å²) in [6.07, 6.45) is 0.157. The van der Waals surface area contributed by atoms with Crippen LogP contribution in [0.2, 0.25) is 0 Å². The van der Waals surface area contributed by atoms with Crippen molar-refractivity contribution in [3.05, 3.63) is 89.4 Å². The highest BCUT2D eigenvalue weighted by atomic mass is 32.1. The molecule has 0 fully saturated rings. The van der Waals surface area contributed by atoms with Crippen molar-refractivity contribution in [2.45, 2.75) is 38.5 Å². The first-order valence-electron chi connectivity index (χ1n) is 11.4. The largest absolute Gasteiger partial charge is 0.483 e. The van der Waals surface area contributed by atoms with Gasteiger partial charge >= 0.3 is 5.97 Å². The van der Waals surface area contributed by atoms with Crippen molar-refractivity contribution in [1.29, 1.82) is 0 Å². The Kier molecular flexibility index (Phi) is 8.12. The van der Waals surface area contributed by atoms with E-state index >= 15 is 0 Å². The molecule has 2 atom stereocenters. The molecule has 0 aliphatic carbocycles. The second-order valence-corrected chi connectivity index (χ2v) is 8.97. The third-order valence-electron chi connectivity index (χ3n) is 5.34. The average Bonchev–Trinajstić information content (AvgIpc) is 3.29. The number of thiazole rings is 1. The van der Waals surface area contributed by atoms with Crippen LogP contribution < -0.4 is 14.8 Å². The maximum absolute atomic E-state index is 11.2. The molecule has 0 saturated heterocycles. The summed E-state index contributed by atoms with van der Waals surface area (Å²) in [6.45, 7) is 3.16. The summed E-state index contributed by atoms with van der Waals surface area (Å²) >= 11 is 1.66. The lowest BCUT2D eigenvalue weighted by Crippen LogP contribution is -2.26. The number of ether oxygens (including phenoxy) is 2. The van der Waals surface area contributed by atoms with E-state index in [1.165, 1.54) is 0 Å². The highest BCUT2D eigenvalue weighted by Gasteiger charge is 2.19. The van der Waals surface area contributed by atoms with Gasteiger partial charge in [0.15, 0.2) is 12.2 Å². The molecule has 1 aromatic heterocycles. The molecule has 6 nitrogen and oxygen atoms in total. The van der Waals surface area contributed by atoms with Crippen LogP contribution in [0, 0.1) is 0 Å². The lowest BCUT2D eigenvalue weighted by Gasteiger charge is -2.18. The van der Waals surface area contributed by atoms with Gasteiger partial charge in [-0.05, 0) is 54.9 Å². The van der Waals surface area contributed by atoms with Crippen LogP contribution in [0.25, 0.3) is 10.2 Å². The van der Waals surface area contributed by atoms with Crippen molar-refractivity contribution in [2.24, 2.45) is 0 Å². The maximum atomic E-state index is 11.2. The zero-order chi connectivity index (χ0) is 23.8. The molecule has 0 saturated carbocycles. The number of carboxylic acids is 1. The Bertz CT molecular complexity index is 1180. The number of rotatable bonds is 12. The minimum absolute atomic E-state index is 0.164. The van der Waals surface area contributed by atoms with Crippen molar-refractivity contribution < 1.29 is 19.4 Å². The highest BCUT2D eigenvalue weighted by molar-refractivity contribution is 7.18. The summed E-state index contributed by atoms with van der Waals surface area (Å²) < 4.78 is 13.1. The molecule has 0 aliphatic heterocycles. The van der Waals surface area contributed by atoms with E-state index in [0.717, 1.165) is 39.5 Å². The highest BCUT2D eigenvalue weighted by Crippen LogP contribution is 2.31. The Morgan fingerprint density at radius 2 is 1.76 bits per heavy atom. The van der Waals surface area contributed by atoms with E-state index in [1.54, 1.807) is 24.3 Å². The third kappa shape index (κ3) is 6.34. The molecule has 0 aliphatic rings. The van der Waals surface area contributed by atoms with Gasteiger partial charge in [-0.15, -0.1) is 11.3 Å². The van der Waals surface area contributed by atoms with Gasteiger partial charge in [0.2, 0.25) is 0 Å². The normalized spacial score (nSPS) is 12.9. The second kappa shape index (κ2) is 11.6. The summed E-state index contributed by atoms with van der Waals surface area (Å²) in [5.41, 5.74) is 2.01. The van der Waals surface area contributed by atoms with E-state index < -0.39 is 12.1 Å². The van der Waals surface area contributed by atoms with Gasteiger partial charge < -0.3 is 19.9 Å². The van der Waals surface area contributed by atoms with Crippen LogP contribution in [0.4, 0.5) is 0 Å². The Morgan fingerprint density at radius 1 is 1.00 bits per heavy atom. The lowest BCUT2D eigenvalue weighted by molar-refractivity contribution is -0.145. The number of aromatic nitrogens is 1. The lowest BCUT2D eigenvalue weighted by atomic mass is 10.2. The number of aliphatic carboxylic acids is 1.